The zero-order valence-corrected chi connectivity index (χ0v) is 16.5. The highest BCUT2D eigenvalue weighted by Gasteiger charge is 2.19. The van der Waals surface area contributed by atoms with Crippen molar-refractivity contribution in [2.24, 2.45) is 0 Å². The molecule has 0 unspecified atom stereocenters. The van der Waals surface area contributed by atoms with E-state index in [1.54, 1.807) is 6.08 Å². The summed E-state index contributed by atoms with van der Waals surface area (Å²) < 4.78 is 2.22. The number of rotatable bonds is 5. The maximum absolute atomic E-state index is 12.5. The fraction of sp³-hybridized carbons (Fsp3) is 0.409. The van der Waals surface area contributed by atoms with Crippen LogP contribution in [-0.2, 0) is 4.79 Å². The molecule has 0 aliphatic carbocycles. The zero-order chi connectivity index (χ0) is 19.4. The van der Waals surface area contributed by atoms with Crippen LogP contribution in [0, 0.1) is 20.8 Å². The molecular formula is C22H29N3O2. The number of benzene rings is 1. The van der Waals surface area contributed by atoms with Crippen LogP contribution in [0.3, 0.4) is 0 Å². The number of carbonyl (C=O) groups is 1. The second kappa shape index (κ2) is 8.55. The van der Waals surface area contributed by atoms with E-state index in [0.29, 0.717) is 19.6 Å². The van der Waals surface area contributed by atoms with Crippen LogP contribution in [0.15, 0.2) is 36.4 Å². The van der Waals surface area contributed by atoms with Gasteiger partial charge in [-0.1, -0.05) is 17.7 Å². The second-order valence-electron chi connectivity index (χ2n) is 7.22. The Balaban J connectivity index is 1.70. The van der Waals surface area contributed by atoms with E-state index in [9.17, 15) is 4.79 Å². The van der Waals surface area contributed by atoms with Crippen LogP contribution in [0.4, 0.5) is 0 Å². The van der Waals surface area contributed by atoms with Gasteiger partial charge >= 0.3 is 0 Å². The summed E-state index contributed by atoms with van der Waals surface area (Å²) in [6.07, 6.45) is 3.61. The molecule has 2 heterocycles. The van der Waals surface area contributed by atoms with Crippen molar-refractivity contribution >= 4 is 12.0 Å². The molecule has 1 fully saturated rings. The number of aryl methyl sites for hydroxylation is 2. The van der Waals surface area contributed by atoms with Crippen molar-refractivity contribution in [3.05, 3.63) is 58.9 Å². The Kier molecular flexibility index (Phi) is 6.14. The molecule has 1 aliphatic heterocycles. The van der Waals surface area contributed by atoms with Gasteiger partial charge in [0.05, 0.1) is 6.61 Å². The average Bonchev–Trinajstić information content (AvgIpc) is 2.95. The van der Waals surface area contributed by atoms with E-state index in [0.717, 1.165) is 35.7 Å². The lowest BCUT2D eigenvalue weighted by molar-refractivity contribution is -0.127. The lowest BCUT2D eigenvalue weighted by atomic mass is 10.2. The summed E-state index contributed by atoms with van der Waals surface area (Å²) in [5.41, 5.74) is 5.74. The number of aromatic nitrogens is 1. The van der Waals surface area contributed by atoms with Crippen LogP contribution < -0.4 is 0 Å². The zero-order valence-electron chi connectivity index (χ0n) is 16.5. The first-order valence-corrected chi connectivity index (χ1v) is 9.56. The van der Waals surface area contributed by atoms with E-state index in [1.807, 2.05) is 11.0 Å². The molecule has 5 nitrogen and oxygen atoms in total. The molecule has 2 aromatic rings. The molecule has 0 bridgehead atoms. The summed E-state index contributed by atoms with van der Waals surface area (Å²) in [5, 5.41) is 9.01. The van der Waals surface area contributed by atoms with Crippen molar-refractivity contribution in [1.29, 1.82) is 0 Å². The molecule has 1 aromatic carbocycles. The quantitative estimate of drug-likeness (QED) is 0.827. The van der Waals surface area contributed by atoms with Crippen LogP contribution in [-0.4, -0.2) is 64.7 Å². The molecule has 3 rings (SSSR count). The standard InChI is InChI=1S/C22H29N3O2/c1-17-4-7-21(8-5-17)25-18(2)16-20(19(25)3)6-9-22(27)24-12-10-23(11-13-24)14-15-26/h4-9,16,26H,10-15H2,1-3H3/b9-6+. The maximum Gasteiger partial charge on any atom is 0.246 e. The molecule has 0 spiro atoms. The highest BCUT2D eigenvalue weighted by Crippen LogP contribution is 2.22. The molecule has 1 saturated heterocycles. The van der Waals surface area contributed by atoms with Crippen molar-refractivity contribution in [3.63, 3.8) is 0 Å². The number of aliphatic hydroxyl groups is 1. The SMILES string of the molecule is Cc1ccc(-n2c(C)cc(/C=C/C(=O)N3CCN(CCO)CC3)c2C)cc1. The highest BCUT2D eigenvalue weighted by molar-refractivity contribution is 5.92. The van der Waals surface area contributed by atoms with Crippen molar-refractivity contribution in [3.8, 4) is 5.69 Å². The van der Waals surface area contributed by atoms with E-state index in [4.69, 9.17) is 5.11 Å². The summed E-state index contributed by atoms with van der Waals surface area (Å²) in [4.78, 5) is 16.6. The number of β-amino-alcohol motifs (C(OH)–C–C–N with tert-alkyl or cyclic N) is 1. The van der Waals surface area contributed by atoms with Gasteiger partial charge in [0.15, 0.2) is 0 Å². The monoisotopic (exact) mass is 367 g/mol. The van der Waals surface area contributed by atoms with Gasteiger partial charge in [0.1, 0.15) is 0 Å². The predicted octanol–water partition coefficient (Wildman–Crippen LogP) is 2.55. The third kappa shape index (κ3) is 4.49. The van der Waals surface area contributed by atoms with Gasteiger partial charge in [-0.05, 0) is 50.6 Å². The Hall–Kier alpha value is -2.37. The summed E-state index contributed by atoms with van der Waals surface area (Å²) in [7, 11) is 0. The predicted molar refractivity (Wildman–Crippen MR) is 109 cm³/mol. The summed E-state index contributed by atoms with van der Waals surface area (Å²) in [6.45, 7) is 10.2. The number of amides is 1. The normalized spacial score (nSPS) is 15.6. The summed E-state index contributed by atoms with van der Waals surface area (Å²) in [5.74, 6) is 0.0544. The molecule has 1 N–H and O–H groups in total. The number of carbonyl (C=O) groups excluding carboxylic acids is 1. The topological polar surface area (TPSA) is 48.7 Å². The average molecular weight is 367 g/mol. The molecule has 1 amide bonds. The number of nitrogens with zero attached hydrogens (tertiary/aromatic N) is 3. The lowest BCUT2D eigenvalue weighted by Crippen LogP contribution is -2.48. The minimum absolute atomic E-state index is 0.0544. The Labute approximate surface area is 161 Å². The van der Waals surface area contributed by atoms with Crippen LogP contribution in [0.1, 0.15) is 22.5 Å². The Bertz CT molecular complexity index is 813. The molecule has 1 aliphatic rings. The fourth-order valence-electron chi connectivity index (χ4n) is 3.65. The first-order valence-electron chi connectivity index (χ1n) is 9.56. The summed E-state index contributed by atoms with van der Waals surface area (Å²) in [6, 6.07) is 10.6. The van der Waals surface area contributed by atoms with Gasteiger partial charge in [-0.3, -0.25) is 9.69 Å². The van der Waals surface area contributed by atoms with Gasteiger partial charge in [-0.25, -0.2) is 0 Å². The number of aliphatic hydroxyl groups excluding tert-OH is 1. The molecular weight excluding hydrogens is 338 g/mol. The number of hydrogen-bond acceptors (Lipinski definition) is 3. The number of piperazine rings is 1. The first-order chi connectivity index (χ1) is 13.0. The molecule has 5 heteroatoms. The minimum atomic E-state index is 0.0544. The van der Waals surface area contributed by atoms with E-state index in [-0.39, 0.29) is 12.5 Å². The number of hydrogen-bond donors (Lipinski definition) is 1. The Morgan fingerprint density at radius 3 is 2.37 bits per heavy atom. The van der Waals surface area contributed by atoms with E-state index < -0.39 is 0 Å². The summed E-state index contributed by atoms with van der Waals surface area (Å²) >= 11 is 0. The van der Waals surface area contributed by atoms with Gasteiger partial charge in [-0.2, -0.15) is 0 Å². The molecule has 27 heavy (non-hydrogen) atoms. The van der Waals surface area contributed by atoms with Crippen LogP contribution in [0.2, 0.25) is 0 Å². The van der Waals surface area contributed by atoms with Gasteiger partial charge in [0, 0.05) is 55.9 Å². The van der Waals surface area contributed by atoms with Crippen LogP contribution in [0.5, 0.6) is 0 Å². The van der Waals surface area contributed by atoms with Crippen molar-refractivity contribution in [2.45, 2.75) is 20.8 Å². The fourth-order valence-corrected chi connectivity index (χ4v) is 3.65. The van der Waals surface area contributed by atoms with E-state index >= 15 is 0 Å². The van der Waals surface area contributed by atoms with E-state index in [2.05, 4.69) is 60.6 Å². The molecule has 144 valence electrons. The van der Waals surface area contributed by atoms with Gasteiger partial charge in [-0.15, -0.1) is 0 Å². The van der Waals surface area contributed by atoms with Crippen molar-refractivity contribution in [1.82, 2.24) is 14.4 Å². The Morgan fingerprint density at radius 2 is 1.74 bits per heavy atom. The van der Waals surface area contributed by atoms with Gasteiger partial charge in [0.25, 0.3) is 0 Å². The largest absolute Gasteiger partial charge is 0.395 e. The second-order valence-corrected chi connectivity index (χ2v) is 7.22. The van der Waals surface area contributed by atoms with Crippen LogP contribution in [0.25, 0.3) is 11.8 Å². The van der Waals surface area contributed by atoms with Gasteiger partial charge in [0.2, 0.25) is 5.91 Å². The molecule has 0 radical (unpaired) electrons. The maximum atomic E-state index is 12.5. The van der Waals surface area contributed by atoms with Crippen molar-refractivity contribution < 1.29 is 9.90 Å². The van der Waals surface area contributed by atoms with Gasteiger partial charge < -0.3 is 14.6 Å². The molecule has 0 saturated carbocycles. The minimum Gasteiger partial charge on any atom is -0.395 e. The van der Waals surface area contributed by atoms with Crippen molar-refractivity contribution in [2.75, 3.05) is 39.3 Å². The first kappa shape index (κ1) is 19.4. The smallest absolute Gasteiger partial charge is 0.246 e. The third-order valence-corrected chi connectivity index (χ3v) is 5.27. The molecule has 1 aromatic heterocycles. The lowest BCUT2D eigenvalue weighted by Gasteiger charge is -2.33. The van der Waals surface area contributed by atoms with Crippen LogP contribution >= 0.6 is 0 Å². The van der Waals surface area contributed by atoms with E-state index in [1.165, 1.54) is 5.56 Å². The Morgan fingerprint density at radius 1 is 1.07 bits per heavy atom. The third-order valence-electron chi connectivity index (χ3n) is 5.27. The molecule has 0 atom stereocenters. The highest BCUT2D eigenvalue weighted by atomic mass is 16.3.